The number of alkyl halides is 3. The number of benzene rings is 1. The van der Waals surface area contributed by atoms with Crippen molar-refractivity contribution >= 4 is 17.5 Å². The predicted molar refractivity (Wildman–Crippen MR) is 102 cm³/mol. The van der Waals surface area contributed by atoms with Gasteiger partial charge in [0.2, 0.25) is 5.91 Å². The van der Waals surface area contributed by atoms with Crippen molar-refractivity contribution < 1.29 is 27.8 Å². The first-order chi connectivity index (χ1) is 13.4. The van der Waals surface area contributed by atoms with E-state index < -0.39 is 12.0 Å². The van der Waals surface area contributed by atoms with Crippen LogP contribution in [0.15, 0.2) is 18.2 Å². The van der Waals surface area contributed by atoms with Crippen molar-refractivity contribution in [2.75, 3.05) is 13.1 Å². The van der Waals surface area contributed by atoms with E-state index in [0.29, 0.717) is 12.8 Å². The number of nitrogens with zero attached hydrogens (tertiary/aromatic N) is 1. The topological polar surface area (TPSA) is 49.8 Å². The number of carbonyl (C=O) groups is 1. The minimum atomic E-state index is -4.74. The molecule has 2 aliphatic carbocycles. The lowest BCUT2D eigenvalue weighted by molar-refractivity contribution is -0.274. The van der Waals surface area contributed by atoms with Crippen LogP contribution in [0.5, 0.6) is 5.75 Å². The number of hydrogen-bond acceptors (Lipinski definition) is 3. The third-order valence-electron chi connectivity index (χ3n) is 6.73. The number of ether oxygens (including phenoxy) is 1. The van der Waals surface area contributed by atoms with Gasteiger partial charge in [-0.2, -0.15) is 0 Å². The monoisotopic (exact) mass is 431 g/mol. The van der Waals surface area contributed by atoms with E-state index in [2.05, 4.69) is 4.74 Å². The van der Waals surface area contributed by atoms with Crippen molar-refractivity contribution in [3.05, 3.63) is 28.8 Å². The highest BCUT2D eigenvalue weighted by atomic mass is 35.5. The van der Waals surface area contributed by atoms with Crippen LogP contribution >= 0.6 is 11.6 Å². The molecule has 2 saturated carbocycles. The number of likely N-dealkylation sites (tertiary alicyclic amines) is 1. The Hall–Kier alpha value is -1.47. The fourth-order valence-electron chi connectivity index (χ4n) is 5.25. The van der Waals surface area contributed by atoms with Crippen molar-refractivity contribution in [1.29, 1.82) is 0 Å². The van der Waals surface area contributed by atoms with Crippen LogP contribution in [-0.4, -0.2) is 41.0 Å². The van der Waals surface area contributed by atoms with Gasteiger partial charge in [0.05, 0.1) is 5.60 Å². The number of carbonyl (C=O) groups excluding carboxylic acids is 1. The molecule has 3 fully saturated rings. The van der Waals surface area contributed by atoms with E-state index in [4.69, 9.17) is 11.6 Å². The van der Waals surface area contributed by atoms with Gasteiger partial charge in [0.15, 0.2) is 0 Å². The summed E-state index contributed by atoms with van der Waals surface area (Å²) < 4.78 is 41.6. The fraction of sp³-hybridized carbons (Fsp3) is 0.667. The lowest BCUT2D eigenvalue weighted by Gasteiger charge is -2.55. The van der Waals surface area contributed by atoms with Crippen LogP contribution in [0, 0.1) is 11.3 Å². The Morgan fingerprint density at radius 1 is 1.21 bits per heavy atom. The molecule has 0 bridgehead atoms. The average Bonchev–Trinajstić information content (AvgIpc) is 2.55. The Labute approximate surface area is 173 Å². The van der Waals surface area contributed by atoms with Gasteiger partial charge in [-0.05, 0) is 75.1 Å². The molecule has 1 aromatic rings. The molecular weight excluding hydrogens is 407 g/mol. The van der Waals surface area contributed by atoms with Crippen LogP contribution in [0.2, 0.25) is 5.02 Å². The molecule has 8 heteroatoms. The minimum Gasteiger partial charge on any atom is -0.406 e. The largest absolute Gasteiger partial charge is 0.573 e. The van der Waals surface area contributed by atoms with Gasteiger partial charge in [-0.3, -0.25) is 4.79 Å². The first-order valence-electron chi connectivity index (χ1n) is 10.0. The van der Waals surface area contributed by atoms with Gasteiger partial charge in [0, 0.05) is 29.4 Å². The maximum absolute atomic E-state index is 12.5. The van der Waals surface area contributed by atoms with Gasteiger partial charge in [-0.25, -0.2) is 0 Å². The van der Waals surface area contributed by atoms with Crippen molar-refractivity contribution in [3.8, 4) is 5.75 Å². The molecule has 1 heterocycles. The number of halogens is 4. The van der Waals surface area contributed by atoms with Gasteiger partial charge in [0.25, 0.3) is 0 Å². The molecular formula is C21H25ClF3NO3. The summed E-state index contributed by atoms with van der Waals surface area (Å²) in [6.45, 7) is 3.25. The Balaban J connectivity index is 1.32. The van der Waals surface area contributed by atoms with Gasteiger partial charge < -0.3 is 14.7 Å². The summed E-state index contributed by atoms with van der Waals surface area (Å²) >= 11 is 6.01. The maximum atomic E-state index is 12.5. The molecule has 0 atom stereocenters. The second-order valence-electron chi connectivity index (χ2n) is 9.34. The zero-order valence-corrected chi connectivity index (χ0v) is 17.0. The predicted octanol–water partition coefficient (Wildman–Crippen LogP) is 4.89. The SMILES string of the molecule is CC1(O)CC(C(=O)N2CC3(CCC(c4cc(Cl)cc(OC(F)(F)F)c4)CC3)C2)C1. The zero-order valence-electron chi connectivity index (χ0n) is 16.3. The lowest BCUT2D eigenvalue weighted by Crippen LogP contribution is -2.62. The Morgan fingerprint density at radius 3 is 2.38 bits per heavy atom. The summed E-state index contributed by atoms with van der Waals surface area (Å²) in [6.07, 6.45) is -0.0903. The Morgan fingerprint density at radius 2 is 1.83 bits per heavy atom. The van der Waals surface area contributed by atoms with Gasteiger partial charge >= 0.3 is 6.36 Å². The first kappa shape index (κ1) is 20.8. The molecule has 3 aliphatic rings. The molecule has 1 saturated heterocycles. The number of amides is 1. The van der Waals surface area contributed by atoms with Crippen LogP contribution in [0.4, 0.5) is 13.2 Å². The minimum absolute atomic E-state index is 0.0581. The Bertz CT molecular complexity index is 787. The summed E-state index contributed by atoms with van der Waals surface area (Å²) in [7, 11) is 0. The highest BCUT2D eigenvalue weighted by Crippen LogP contribution is 2.50. The van der Waals surface area contributed by atoms with Crippen LogP contribution in [-0.2, 0) is 4.79 Å². The highest BCUT2D eigenvalue weighted by Gasteiger charge is 2.51. The summed E-state index contributed by atoms with van der Waals surface area (Å²) in [6, 6.07) is 4.32. The van der Waals surface area contributed by atoms with E-state index >= 15 is 0 Å². The van der Waals surface area contributed by atoms with E-state index in [1.807, 2.05) is 4.90 Å². The van der Waals surface area contributed by atoms with Gasteiger partial charge in [-0.15, -0.1) is 13.2 Å². The molecule has 160 valence electrons. The normalized spacial score (nSPS) is 29.3. The molecule has 1 N–H and O–H groups in total. The zero-order chi connectivity index (χ0) is 21.0. The molecule has 0 radical (unpaired) electrons. The molecule has 0 unspecified atom stereocenters. The summed E-state index contributed by atoms with van der Waals surface area (Å²) in [5, 5.41) is 10.1. The van der Waals surface area contributed by atoms with Gasteiger partial charge in [-0.1, -0.05) is 11.6 Å². The van der Waals surface area contributed by atoms with Gasteiger partial charge in [0.1, 0.15) is 5.75 Å². The van der Waals surface area contributed by atoms with E-state index in [9.17, 15) is 23.1 Å². The van der Waals surface area contributed by atoms with E-state index in [1.54, 1.807) is 13.0 Å². The van der Waals surface area contributed by atoms with E-state index in [1.165, 1.54) is 12.1 Å². The maximum Gasteiger partial charge on any atom is 0.573 e. The molecule has 0 aromatic heterocycles. The molecule has 1 amide bonds. The molecule has 29 heavy (non-hydrogen) atoms. The number of rotatable bonds is 3. The molecule has 1 spiro atoms. The summed E-state index contributed by atoms with van der Waals surface area (Å²) in [4.78, 5) is 14.4. The van der Waals surface area contributed by atoms with Crippen molar-refractivity contribution in [2.45, 2.75) is 63.3 Å². The van der Waals surface area contributed by atoms with Crippen molar-refractivity contribution in [3.63, 3.8) is 0 Å². The van der Waals surface area contributed by atoms with Crippen LogP contribution < -0.4 is 4.74 Å². The molecule has 1 aromatic carbocycles. The average molecular weight is 432 g/mol. The molecule has 1 aliphatic heterocycles. The van der Waals surface area contributed by atoms with E-state index in [0.717, 1.165) is 44.3 Å². The third kappa shape index (κ3) is 4.50. The number of hydrogen-bond donors (Lipinski definition) is 1. The summed E-state index contributed by atoms with van der Waals surface area (Å²) in [5.41, 5.74) is 0.199. The third-order valence-corrected chi connectivity index (χ3v) is 6.95. The molecule has 4 nitrogen and oxygen atoms in total. The first-order valence-corrected chi connectivity index (χ1v) is 10.4. The molecule has 4 rings (SSSR count). The second kappa shape index (κ2) is 7.05. The second-order valence-corrected chi connectivity index (χ2v) is 9.78. The lowest BCUT2D eigenvalue weighted by atomic mass is 9.63. The highest BCUT2D eigenvalue weighted by molar-refractivity contribution is 6.30. The van der Waals surface area contributed by atoms with Crippen molar-refractivity contribution in [1.82, 2.24) is 4.90 Å². The summed E-state index contributed by atoms with van der Waals surface area (Å²) in [5.74, 6) is -0.0521. The Kier molecular flexibility index (Phi) is 5.05. The van der Waals surface area contributed by atoms with Crippen LogP contribution in [0.3, 0.4) is 0 Å². The number of aliphatic hydroxyl groups is 1. The standard InChI is InChI=1S/C21H25ClF3NO3/c1-19(28)9-15(10-19)18(27)26-11-20(12-26)4-2-13(3-5-20)14-6-16(22)8-17(7-14)29-21(23,24)25/h6-8,13,15,28H,2-5,9-12H2,1H3. The fourth-order valence-corrected chi connectivity index (χ4v) is 5.48. The smallest absolute Gasteiger partial charge is 0.406 e. The van der Waals surface area contributed by atoms with Crippen molar-refractivity contribution in [2.24, 2.45) is 11.3 Å². The van der Waals surface area contributed by atoms with Crippen LogP contribution in [0.25, 0.3) is 0 Å². The van der Waals surface area contributed by atoms with E-state index in [-0.39, 0.29) is 33.9 Å². The quantitative estimate of drug-likeness (QED) is 0.741. The van der Waals surface area contributed by atoms with Crippen LogP contribution in [0.1, 0.15) is 56.9 Å².